The highest BCUT2D eigenvalue weighted by Crippen LogP contribution is 2.30. The molecule has 0 saturated heterocycles. The molecule has 3 aromatic rings. The van der Waals surface area contributed by atoms with E-state index in [1.807, 2.05) is 30.3 Å². The minimum atomic E-state index is -0.529. The summed E-state index contributed by atoms with van der Waals surface area (Å²) in [6.45, 7) is 0.532. The van der Waals surface area contributed by atoms with E-state index in [-0.39, 0.29) is 11.6 Å². The molecule has 0 atom stereocenters. The lowest BCUT2D eigenvalue weighted by Crippen LogP contribution is -2.04. The highest BCUT2D eigenvalue weighted by Gasteiger charge is 2.25. The molecule has 29 heavy (non-hydrogen) atoms. The molecule has 0 saturated carbocycles. The van der Waals surface area contributed by atoms with Gasteiger partial charge in [-0.1, -0.05) is 36.4 Å². The molecule has 2 aromatic carbocycles. The number of rotatable bonds is 7. The van der Waals surface area contributed by atoms with Crippen LogP contribution in [0.25, 0.3) is 6.08 Å². The Bertz CT molecular complexity index is 1050. The number of carbonyl (C=O) groups is 1. The molecule has 4 rings (SSSR count). The average molecular weight is 389 g/mol. The predicted molar refractivity (Wildman–Crippen MR) is 108 cm³/mol. The van der Waals surface area contributed by atoms with Gasteiger partial charge in [-0.15, -0.1) is 0 Å². The fourth-order valence-electron chi connectivity index (χ4n) is 2.89. The number of hydrogen-bond donors (Lipinski definition) is 0. The fourth-order valence-corrected chi connectivity index (χ4v) is 2.89. The normalized spacial score (nSPS) is 14.6. The summed E-state index contributed by atoms with van der Waals surface area (Å²) in [6, 6.07) is 18.9. The molecule has 0 fully saturated rings. The first-order valence-electron chi connectivity index (χ1n) is 9.14. The van der Waals surface area contributed by atoms with Crippen LogP contribution in [0.1, 0.15) is 16.9 Å². The lowest BCUT2D eigenvalue weighted by molar-refractivity contribution is -0.130. The zero-order valence-electron chi connectivity index (χ0n) is 15.8. The lowest BCUT2D eigenvalue weighted by atomic mass is 10.1. The van der Waals surface area contributed by atoms with Crippen LogP contribution in [0, 0.1) is 0 Å². The lowest BCUT2D eigenvalue weighted by Gasteiger charge is -2.11. The molecule has 6 nitrogen and oxygen atoms in total. The van der Waals surface area contributed by atoms with Crippen molar-refractivity contribution in [3.05, 3.63) is 89.5 Å². The summed E-state index contributed by atoms with van der Waals surface area (Å²) < 4.78 is 21.7. The molecule has 1 aliphatic rings. The Morgan fingerprint density at radius 2 is 1.90 bits per heavy atom. The maximum absolute atomic E-state index is 12.1. The fraction of sp³-hybridized carbons (Fsp3) is 0.130. The summed E-state index contributed by atoms with van der Waals surface area (Å²) >= 11 is 0. The van der Waals surface area contributed by atoms with Crippen LogP contribution in [-0.4, -0.2) is 25.6 Å². The van der Waals surface area contributed by atoms with Gasteiger partial charge in [0.25, 0.3) is 5.90 Å². The summed E-state index contributed by atoms with van der Waals surface area (Å²) in [7, 11) is 1.58. The van der Waals surface area contributed by atoms with Crippen LogP contribution in [0.4, 0.5) is 0 Å². The SMILES string of the molecule is COc1cc(/C=C2\N=C(c3ccco3)OC2=O)ccc1OCCc1ccccc1. The van der Waals surface area contributed by atoms with E-state index in [0.717, 1.165) is 12.0 Å². The molecule has 0 bridgehead atoms. The minimum Gasteiger partial charge on any atom is -0.493 e. The minimum absolute atomic E-state index is 0.152. The van der Waals surface area contributed by atoms with Gasteiger partial charge in [0.1, 0.15) is 0 Å². The number of methoxy groups -OCH3 is 1. The van der Waals surface area contributed by atoms with Crippen molar-refractivity contribution < 1.29 is 23.4 Å². The van der Waals surface area contributed by atoms with Crippen molar-refractivity contribution in [2.24, 2.45) is 4.99 Å². The topological polar surface area (TPSA) is 70.3 Å². The van der Waals surface area contributed by atoms with Crippen LogP contribution in [0.3, 0.4) is 0 Å². The summed E-state index contributed by atoms with van der Waals surface area (Å²) in [5.41, 5.74) is 2.14. The maximum Gasteiger partial charge on any atom is 0.363 e. The number of carbonyl (C=O) groups excluding carboxylic acids is 1. The Labute approximate surface area is 168 Å². The quantitative estimate of drug-likeness (QED) is 0.446. The van der Waals surface area contributed by atoms with Gasteiger partial charge in [-0.05, 0) is 41.5 Å². The highest BCUT2D eigenvalue weighted by molar-refractivity contribution is 6.11. The number of cyclic esters (lactones) is 1. The van der Waals surface area contributed by atoms with Crippen LogP contribution < -0.4 is 9.47 Å². The average Bonchev–Trinajstić information content (AvgIpc) is 3.40. The Morgan fingerprint density at radius 1 is 1.03 bits per heavy atom. The molecule has 0 amide bonds. The van der Waals surface area contributed by atoms with Crippen LogP contribution in [0.15, 0.2) is 82.0 Å². The second-order valence-corrected chi connectivity index (χ2v) is 6.31. The van der Waals surface area contributed by atoms with Crippen molar-refractivity contribution in [3.63, 3.8) is 0 Å². The van der Waals surface area contributed by atoms with E-state index in [2.05, 4.69) is 17.1 Å². The molecular formula is C23H19NO5. The van der Waals surface area contributed by atoms with Gasteiger partial charge >= 0.3 is 5.97 Å². The first kappa shape index (κ1) is 18.6. The van der Waals surface area contributed by atoms with Gasteiger partial charge in [0.2, 0.25) is 0 Å². The molecule has 0 unspecified atom stereocenters. The number of nitrogens with zero attached hydrogens (tertiary/aromatic N) is 1. The molecule has 0 spiro atoms. The second kappa shape index (κ2) is 8.48. The molecule has 0 radical (unpaired) electrons. The van der Waals surface area contributed by atoms with Gasteiger partial charge in [0.15, 0.2) is 23.0 Å². The van der Waals surface area contributed by atoms with E-state index in [1.165, 1.54) is 11.8 Å². The predicted octanol–water partition coefficient (Wildman–Crippen LogP) is 4.25. The third-order valence-corrected chi connectivity index (χ3v) is 4.33. The Morgan fingerprint density at radius 3 is 2.66 bits per heavy atom. The standard InChI is InChI=1S/C23H19NO5/c1-26-21-15-17(9-10-19(21)28-13-11-16-6-3-2-4-7-16)14-18-23(25)29-22(24-18)20-8-5-12-27-20/h2-10,12,14-15H,11,13H2,1H3/b18-14-. The van der Waals surface area contributed by atoms with Crippen LogP contribution >= 0.6 is 0 Å². The van der Waals surface area contributed by atoms with Crippen molar-refractivity contribution in [2.45, 2.75) is 6.42 Å². The van der Waals surface area contributed by atoms with E-state index in [9.17, 15) is 4.79 Å². The maximum atomic E-state index is 12.1. The van der Waals surface area contributed by atoms with Crippen molar-refractivity contribution in [1.82, 2.24) is 0 Å². The zero-order valence-corrected chi connectivity index (χ0v) is 15.8. The smallest absolute Gasteiger partial charge is 0.363 e. The van der Waals surface area contributed by atoms with Gasteiger partial charge < -0.3 is 18.6 Å². The Hall–Kier alpha value is -3.80. The first-order chi connectivity index (χ1) is 14.2. The van der Waals surface area contributed by atoms with E-state index in [4.69, 9.17) is 18.6 Å². The van der Waals surface area contributed by atoms with E-state index < -0.39 is 5.97 Å². The summed E-state index contributed by atoms with van der Waals surface area (Å²) in [6.07, 6.45) is 3.93. The van der Waals surface area contributed by atoms with Crippen molar-refractivity contribution in [1.29, 1.82) is 0 Å². The van der Waals surface area contributed by atoms with Gasteiger partial charge in [0, 0.05) is 6.42 Å². The van der Waals surface area contributed by atoms with Crippen LogP contribution in [0.2, 0.25) is 0 Å². The summed E-state index contributed by atoms with van der Waals surface area (Å²) in [5.74, 6) is 1.24. The summed E-state index contributed by atoms with van der Waals surface area (Å²) in [5, 5.41) is 0. The number of furan rings is 1. The third kappa shape index (κ3) is 4.38. The molecular weight excluding hydrogens is 370 g/mol. The first-order valence-corrected chi connectivity index (χ1v) is 9.14. The van der Waals surface area contributed by atoms with Crippen LogP contribution in [0.5, 0.6) is 11.5 Å². The number of aliphatic imine (C=N–C) groups is 1. The van der Waals surface area contributed by atoms with Gasteiger partial charge in [-0.25, -0.2) is 9.79 Å². The van der Waals surface area contributed by atoms with Crippen molar-refractivity contribution in [2.75, 3.05) is 13.7 Å². The Kier molecular flexibility index (Phi) is 5.42. The number of esters is 1. The number of benzene rings is 2. The van der Waals surface area contributed by atoms with Crippen LogP contribution in [-0.2, 0) is 16.0 Å². The van der Waals surface area contributed by atoms with E-state index in [0.29, 0.717) is 23.9 Å². The second-order valence-electron chi connectivity index (χ2n) is 6.31. The summed E-state index contributed by atoms with van der Waals surface area (Å²) in [4.78, 5) is 16.3. The highest BCUT2D eigenvalue weighted by atomic mass is 16.6. The molecule has 1 aromatic heterocycles. The van der Waals surface area contributed by atoms with Crippen molar-refractivity contribution in [3.8, 4) is 11.5 Å². The number of hydrogen-bond acceptors (Lipinski definition) is 6. The number of ether oxygens (including phenoxy) is 3. The third-order valence-electron chi connectivity index (χ3n) is 4.33. The molecule has 1 aliphatic heterocycles. The Balaban J connectivity index is 1.47. The zero-order chi connectivity index (χ0) is 20.1. The van der Waals surface area contributed by atoms with E-state index >= 15 is 0 Å². The van der Waals surface area contributed by atoms with Gasteiger partial charge in [-0.3, -0.25) is 0 Å². The molecule has 0 N–H and O–H groups in total. The molecule has 2 heterocycles. The van der Waals surface area contributed by atoms with Gasteiger partial charge in [0.05, 0.1) is 20.0 Å². The van der Waals surface area contributed by atoms with Gasteiger partial charge in [-0.2, -0.15) is 0 Å². The van der Waals surface area contributed by atoms with E-state index in [1.54, 1.807) is 31.4 Å². The van der Waals surface area contributed by atoms with Crippen molar-refractivity contribution >= 4 is 17.9 Å². The molecule has 6 heteroatoms. The largest absolute Gasteiger partial charge is 0.493 e. The molecule has 0 aliphatic carbocycles. The molecule has 146 valence electrons. The monoisotopic (exact) mass is 389 g/mol.